The molecule has 0 saturated heterocycles. The molecule has 0 unspecified atom stereocenters. The number of carbonyl (C=O) groups is 2. The predicted molar refractivity (Wildman–Crippen MR) is 94.3 cm³/mol. The number of carboxylic acid groups (broad SMARTS) is 1. The molecule has 1 amide bonds. The molecule has 0 aromatic heterocycles. The summed E-state index contributed by atoms with van der Waals surface area (Å²) in [6.45, 7) is 5.34. The van der Waals surface area contributed by atoms with Crippen molar-refractivity contribution in [3.8, 4) is 0 Å². The number of hydrogen-bond acceptors (Lipinski definition) is 3. The molecular formula is C19H22N2O3. The Morgan fingerprint density at radius 1 is 0.958 bits per heavy atom. The molecule has 0 aliphatic carbocycles. The molecule has 126 valence electrons. The third-order valence-corrected chi connectivity index (χ3v) is 3.52. The van der Waals surface area contributed by atoms with E-state index in [2.05, 4.69) is 24.5 Å². The molecule has 5 heteroatoms. The topological polar surface area (TPSA) is 78.4 Å². The Balaban J connectivity index is 1.89. The van der Waals surface area contributed by atoms with Crippen molar-refractivity contribution in [3.63, 3.8) is 0 Å². The molecule has 2 aromatic rings. The van der Waals surface area contributed by atoms with Crippen LogP contribution in [-0.2, 0) is 6.54 Å². The fraction of sp³-hybridized carbons (Fsp3) is 0.263. The second-order valence-corrected chi connectivity index (χ2v) is 6.04. The fourth-order valence-electron chi connectivity index (χ4n) is 2.11. The third-order valence-electron chi connectivity index (χ3n) is 3.52. The Labute approximate surface area is 141 Å². The molecule has 0 saturated carbocycles. The van der Waals surface area contributed by atoms with E-state index in [9.17, 15) is 9.59 Å². The standard InChI is InChI=1S/C19H22N2O3/c1-13(2)11-21-18(22)15-7-9-17(10-8-15)20-12-14-3-5-16(6-4-14)19(23)24/h3-10,13,20H,11-12H2,1-2H3,(H,21,22)(H,23,24). The molecule has 0 atom stereocenters. The largest absolute Gasteiger partial charge is 0.478 e. The smallest absolute Gasteiger partial charge is 0.335 e. The van der Waals surface area contributed by atoms with Crippen LogP contribution in [0.1, 0.15) is 40.1 Å². The first kappa shape index (κ1) is 17.5. The molecule has 0 aliphatic heterocycles. The highest BCUT2D eigenvalue weighted by molar-refractivity contribution is 5.94. The number of aromatic carboxylic acids is 1. The van der Waals surface area contributed by atoms with Crippen LogP contribution in [0, 0.1) is 5.92 Å². The minimum atomic E-state index is -0.930. The minimum absolute atomic E-state index is 0.0699. The van der Waals surface area contributed by atoms with Gasteiger partial charge in [0.1, 0.15) is 0 Å². The number of carboxylic acids is 1. The molecule has 0 aliphatic rings. The Hall–Kier alpha value is -2.82. The van der Waals surface area contributed by atoms with Crippen LogP contribution in [0.15, 0.2) is 48.5 Å². The Morgan fingerprint density at radius 3 is 2.08 bits per heavy atom. The summed E-state index contributed by atoms with van der Waals surface area (Å²) in [7, 11) is 0. The number of carbonyl (C=O) groups excluding carboxylic acids is 1. The maximum atomic E-state index is 11.9. The predicted octanol–water partition coefficient (Wildman–Crippen LogP) is 3.38. The van der Waals surface area contributed by atoms with Gasteiger partial charge in [0.05, 0.1) is 5.56 Å². The van der Waals surface area contributed by atoms with Crippen molar-refractivity contribution in [3.05, 3.63) is 65.2 Å². The van der Waals surface area contributed by atoms with E-state index >= 15 is 0 Å². The van der Waals surface area contributed by atoms with Gasteiger partial charge >= 0.3 is 5.97 Å². The summed E-state index contributed by atoms with van der Waals surface area (Å²) in [5.41, 5.74) is 2.79. The van der Waals surface area contributed by atoms with Crippen LogP contribution < -0.4 is 10.6 Å². The van der Waals surface area contributed by atoms with Crippen LogP contribution in [0.3, 0.4) is 0 Å². The normalized spacial score (nSPS) is 10.5. The zero-order valence-corrected chi connectivity index (χ0v) is 13.9. The second-order valence-electron chi connectivity index (χ2n) is 6.04. The lowest BCUT2D eigenvalue weighted by Gasteiger charge is -2.09. The van der Waals surface area contributed by atoms with Gasteiger partial charge < -0.3 is 15.7 Å². The molecule has 2 aromatic carbocycles. The number of nitrogens with one attached hydrogen (secondary N) is 2. The van der Waals surface area contributed by atoms with Crippen molar-refractivity contribution in [2.24, 2.45) is 5.92 Å². The van der Waals surface area contributed by atoms with E-state index in [0.717, 1.165) is 11.3 Å². The highest BCUT2D eigenvalue weighted by atomic mass is 16.4. The number of amides is 1. The summed E-state index contributed by atoms with van der Waals surface area (Å²) in [4.78, 5) is 22.8. The quantitative estimate of drug-likeness (QED) is 0.729. The van der Waals surface area contributed by atoms with E-state index in [1.807, 2.05) is 12.1 Å². The summed E-state index contributed by atoms with van der Waals surface area (Å²) >= 11 is 0. The average Bonchev–Trinajstić information content (AvgIpc) is 2.58. The molecule has 0 radical (unpaired) electrons. The van der Waals surface area contributed by atoms with E-state index < -0.39 is 5.97 Å². The minimum Gasteiger partial charge on any atom is -0.478 e. The first-order chi connectivity index (χ1) is 11.5. The first-order valence-corrected chi connectivity index (χ1v) is 7.90. The van der Waals surface area contributed by atoms with Gasteiger partial charge in [-0.05, 0) is 47.9 Å². The molecule has 3 N–H and O–H groups in total. The van der Waals surface area contributed by atoms with Crippen molar-refractivity contribution < 1.29 is 14.7 Å². The van der Waals surface area contributed by atoms with Gasteiger partial charge in [-0.3, -0.25) is 4.79 Å². The second kappa shape index (κ2) is 8.15. The van der Waals surface area contributed by atoms with Crippen molar-refractivity contribution in [1.82, 2.24) is 5.32 Å². The van der Waals surface area contributed by atoms with Gasteiger partial charge in [-0.15, -0.1) is 0 Å². The van der Waals surface area contributed by atoms with Gasteiger partial charge in [-0.1, -0.05) is 26.0 Å². The van der Waals surface area contributed by atoms with Gasteiger partial charge in [0.15, 0.2) is 0 Å². The molecule has 0 fully saturated rings. The summed E-state index contributed by atoms with van der Waals surface area (Å²) in [6.07, 6.45) is 0. The van der Waals surface area contributed by atoms with E-state index in [0.29, 0.717) is 24.6 Å². The summed E-state index contributed by atoms with van der Waals surface area (Å²) in [5, 5.41) is 15.0. The Morgan fingerprint density at radius 2 is 1.54 bits per heavy atom. The van der Waals surface area contributed by atoms with Crippen molar-refractivity contribution in [1.29, 1.82) is 0 Å². The van der Waals surface area contributed by atoms with Crippen LogP contribution >= 0.6 is 0 Å². The van der Waals surface area contributed by atoms with Crippen LogP contribution in [0.25, 0.3) is 0 Å². The lowest BCUT2D eigenvalue weighted by atomic mass is 10.1. The van der Waals surface area contributed by atoms with Crippen molar-refractivity contribution in [2.75, 3.05) is 11.9 Å². The monoisotopic (exact) mass is 326 g/mol. The van der Waals surface area contributed by atoms with Gasteiger partial charge in [0, 0.05) is 24.3 Å². The van der Waals surface area contributed by atoms with Crippen LogP contribution in [-0.4, -0.2) is 23.5 Å². The van der Waals surface area contributed by atoms with Gasteiger partial charge in [-0.25, -0.2) is 4.79 Å². The van der Waals surface area contributed by atoms with Gasteiger partial charge in [0.25, 0.3) is 5.91 Å². The van der Waals surface area contributed by atoms with E-state index in [1.165, 1.54) is 0 Å². The summed E-state index contributed by atoms with van der Waals surface area (Å²) in [5.74, 6) is -0.581. The Kier molecular flexibility index (Phi) is 5.95. The highest BCUT2D eigenvalue weighted by Gasteiger charge is 2.06. The molecular weight excluding hydrogens is 304 g/mol. The summed E-state index contributed by atoms with van der Waals surface area (Å²) < 4.78 is 0. The van der Waals surface area contributed by atoms with Gasteiger partial charge in [-0.2, -0.15) is 0 Å². The fourth-order valence-corrected chi connectivity index (χ4v) is 2.11. The molecule has 24 heavy (non-hydrogen) atoms. The van der Waals surface area contributed by atoms with Crippen LogP contribution in [0.2, 0.25) is 0 Å². The zero-order valence-electron chi connectivity index (χ0n) is 13.9. The van der Waals surface area contributed by atoms with Crippen LogP contribution in [0.4, 0.5) is 5.69 Å². The molecule has 0 bridgehead atoms. The highest BCUT2D eigenvalue weighted by Crippen LogP contribution is 2.12. The molecule has 5 nitrogen and oxygen atoms in total. The van der Waals surface area contributed by atoms with Crippen LogP contribution in [0.5, 0.6) is 0 Å². The summed E-state index contributed by atoms with van der Waals surface area (Å²) in [6, 6.07) is 14.0. The average molecular weight is 326 g/mol. The molecule has 2 rings (SSSR count). The van der Waals surface area contributed by atoms with E-state index in [-0.39, 0.29) is 11.5 Å². The maximum absolute atomic E-state index is 11.9. The lowest BCUT2D eigenvalue weighted by Crippen LogP contribution is -2.27. The van der Waals surface area contributed by atoms with Crippen molar-refractivity contribution in [2.45, 2.75) is 20.4 Å². The number of benzene rings is 2. The van der Waals surface area contributed by atoms with Crippen molar-refractivity contribution >= 4 is 17.6 Å². The molecule has 0 heterocycles. The zero-order chi connectivity index (χ0) is 17.5. The third kappa shape index (κ3) is 5.12. The molecule has 0 spiro atoms. The Bertz CT molecular complexity index is 692. The van der Waals surface area contributed by atoms with E-state index in [4.69, 9.17) is 5.11 Å². The van der Waals surface area contributed by atoms with E-state index in [1.54, 1.807) is 36.4 Å². The first-order valence-electron chi connectivity index (χ1n) is 7.90. The maximum Gasteiger partial charge on any atom is 0.335 e. The number of anilines is 1. The number of hydrogen-bond donors (Lipinski definition) is 3. The number of rotatable bonds is 7. The lowest BCUT2D eigenvalue weighted by molar-refractivity contribution is 0.0696. The SMILES string of the molecule is CC(C)CNC(=O)c1ccc(NCc2ccc(C(=O)O)cc2)cc1. The van der Waals surface area contributed by atoms with Gasteiger partial charge in [0.2, 0.25) is 0 Å².